The van der Waals surface area contributed by atoms with Crippen molar-refractivity contribution in [2.45, 2.75) is 17.4 Å². The van der Waals surface area contributed by atoms with Crippen molar-refractivity contribution in [2.75, 3.05) is 0 Å². The normalized spacial score (nSPS) is 12.1. The third-order valence-corrected chi connectivity index (χ3v) is 3.26. The van der Waals surface area contributed by atoms with E-state index < -0.39 is 16.1 Å². The Kier molecular flexibility index (Phi) is 3.99. The van der Waals surface area contributed by atoms with Crippen molar-refractivity contribution >= 4 is 23.4 Å². The lowest BCUT2D eigenvalue weighted by Gasteiger charge is -2.07. The molecule has 0 saturated carbocycles. The summed E-state index contributed by atoms with van der Waals surface area (Å²) < 4.78 is 5.23. The number of aromatic nitrogens is 2. The maximum atomic E-state index is 10.9. The zero-order valence-electron chi connectivity index (χ0n) is 10.2. The molecule has 0 aliphatic heterocycles. The standard InChI is InChI=1S/C11H9N3O5S/c1-6(10(15)16)20-11-13-12-9(19-11)7-4-2-3-5-8(7)14(17)18/h2-6H,1H3,(H,15,16)/p-1/t6-/m0/s1. The first-order chi connectivity index (χ1) is 9.49. The number of benzene rings is 1. The predicted octanol–water partition coefficient (Wildman–Crippen LogP) is 0.875. The molecule has 2 rings (SSSR count). The van der Waals surface area contributed by atoms with Gasteiger partial charge in [-0.25, -0.2) is 0 Å². The van der Waals surface area contributed by atoms with Crippen LogP contribution in [0, 0.1) is 10.1 Å². The van der Waals surface area contributed by atoms with Crippen LogP contribution < -0.4 is 5.11 Å². The van der Waals surface area contributed by atoms with Crippen molar-refractivity contribution < 1.29 is 19.2 Å². The number of hydrogen-bond acceptors (Lipinski definition) is 8. The van der Waals surface area contributed by atoms with Gasteiger partial charge in [0.15, 0.2) is 0 Å². The predicted molar refractivity (Wildman–Crippen MR) is 66.7 cm³/mol. The monoisotopic (exact) mass is 294 g/mol. The third kappa shape index (κ3) is 2.94. The maximum absolute atomic E-state index is 10.9. The van der Waals surface area contributed by atoms with Crippen LogP contribution in [0.5, 0.6) is 0 Å². The summed E-state index contributed by atoms with van der Waals surface area (Å²) in [5.74, 6) is -1.30. The summed E-state index contributed by atoms with van der Waals surface area (Å²) in [6.45, 7) is 1.41. The first kappa shape index (κ1) is 14.0. The number of nitro groups is 1. The molecule has 0 radical (unpaired) electrons. The minimum absolute atomic E-state index is 0.00912. The zero-order chi connectivity index (χ0) is 14.7. The highest BCUT2D eigenvalue weighted by Gasteiger charge is 2.20. The average molecular weight is 294 g/mol. The highest BCUT2D eigenvalue weighted by atomic mass is 32.2. The number of rotatable bonds is 5. The largest absolute Gasteiger partial charge is 0.549 e. The van der Waals surface area contributed by atoms with Gasteiger partial charge in [0.25, 0.3) is 16.8 Å². The van der Waals surface area contributed by atoms with Crippen molar-refractivity contribution in [3.05, 3.63) is 34.4 Å². The summed E-state index contributed by atoms with van der Waals surface area (Å²) in [6.07, 6.45) is 0. The lowest BCUT2D eigenvalue weighted by Crippen LogP contribution is -2.31. The lowest BCUT2D eigenvalue weighted by atomic mass is 10.2. The van der Waals surface area contributed by atoms with Crippen molar-refractivity contribution in [3.8, 4) is 11.5 Å². The second kappa shape index (κ2) is 5.70. The molecule has 104 valence electrons. The molecule has 9 heteroatoms. The van der Waals surface area contributed by atoms with Gasteiger partial charge >= 0.3 is 0 Å². The number of carbonyl (C=O) groups excluding carboxylic acids is 1. The summed E-state index contributed by atoms with van der Waals surface area (Å²) in [5, 5.41) is 28.0. The molecule has 20 heavy (non-hydrogen) atoms. The summed E-state index contributed by atoms with van der Waals surface area (Å²) in [5.41, 5.74) is 0.0126. The quantitative estimate of drug-likeness (QED) is 0.452. The van der Waals surface area contributed by atoms with E-state index >= 15 is 0 Å². The Balaban J connectivity index is 2.30. The van der Waals surface area contributed by atoms with E-state index in [1.165, 1.54) is 25.1 Å². The molecular weight excluding hydrogens is 286 g/mol. The van der Waals surface area contributed by atoms with Crippen LogP contribution >= 0.6 is 11.8 Å². The molecule has 1 aromatic heterocycles. The highest BCUT2D eigenvalue weighted by molar-refractivity contribution is 8.00. The van der Waals surface area contributed by atoms with Gasteiger partial charge in [-0.15, -0.1) is 10.2 Å². The van der Waals surface area contributed by atoms with Gasteiger partial charge in [0.05, 0.1) is 16.1 Å². The highest BCUT2D eigenvalue weighted by Crippen LogP contribution is 2.31. The van der Waals surface area contributed by atoms with E-state index in [1.807, 2.05) is 0 Å². The van der Waals surface area contributed by atoms with E-state index in [0.717, 1.165) is 11.8 Å². The first-order valence-corrected chi connectivity index (χ1v) is 6.32. The van der Waals surface area contributed by atoms with Crippen molar-refractivity contribution in [1.82, 2.24) is 10.2 Å². The Morgan fingerprint density at radius 2 is 2.10 bits per heavy atom. The smallest absolute Gasteiger partial charge is 0.282 e. The molecule has 0 fully saturated rings. The number of aliphatic carboxylic acids is 1. The number of carbonyl (C=O) groups is 1. The Labute approximate surface area is 117 Å². The van der Waals surface area contributed by atoms with Gasteiger partial charge in [0, 0.05) is 6.07 Å². The fraction of sp³-hybridized carbons (Fsp3) is 0.182. The molecular formula is C11H8N3O5S-. The molecule has 1 aromatic carbocycles. The maximum Gasteiger partial charge on any atom is 0.282 e. The minimum atomic E-state index is -1.26. The third-order valence-electron chi connectivity index (χ3n) is 2.35. The van der Waals surface area contributed by atoms with Gasteiger partial charge in [-0.2, -0.15) is 0 Å². The topological polar surface area (TPSA) is 122 Å². The number of thioether (sulfide) groups is 1. The summed E-state index contributed by atoms with van der Waals surface area (Å²) in [7, 11) is 0. The van der Waals surface area contributed by atoms with Crippen LogP contribution in [0.25, 0.3) is 11.5 Å². The fourth-order valence-corrected chi connectivity index (χ4v) is 1.99. The van der Waals surface area contributed by atoms with Gasteiger partial charge in [-0.05, 0) is 13.0 Å². The molecule has 1 heterocycles. The molecule has 0 spiro atoms. The number of carboxylic acid groups (broad SMARTS) is 1. The van der Waals surface area contributed by atoms with Crippen LogP contribution in [-0.4, -0.2) is 26.3 Å². The Hall–Kier alpha value is -2.42. The fourth-order valence-electron chi connectivity index (χ4n) is 1.38. The van der Waals surface area contributed by atoms with E-state index in [1.54, 1.807) is 6.07 Å². The molecule has 0 N–H and O–H groups in total. The number of para-hydroxylation sites is 1. The average Bonchev–Trinajstić information content (AvgIpc) is 2.87. The minimum Gasteiger partial charge on any atom is -0.549 e. The number of carboxylic acids is 1. The molecule has 0 aliphatic carbocycles. The van der Waals surface area contributed by atoms with Gasteiger partial charge in [0.1, 0.15) is 5.56 Å². The van der Waals surface area contributed by atoms with Crippen molar-refractivity contribution in [3.63, 3.8) is 0 Å². The Morgan fingerprint density at radius 1 is 1.40 bits per heavy atom. The molecule has 0 saturated heterocycles. The van der Waals surface area contributed by atoms with Crippen LogP contribution in [0.4, 0.5) is 5.69 Å². The van der Waals surface area contributed by atoms with Crippen LogP contribution in [0.3, 0.4) is 0 Å². The van der Waals surface area contributed by atoms with Crippen LogP contribution in [0.1, 0.15) is 6.92 Å². The van der Waals surface area contributed by atoms with Crippen LogP contribution in [-0.2, 0) is 4.79 Å². The zero-order valence-corrected chi connectivity index (χ0v) is 11.0. The molecule has 8 nitrogen and oxygen atoms in total. The van der Waals surface area contributed by atoms with Crippen LogP contribution in [0.15, 0.2) is 33.9 Å². The SMILES string of the molecule is C[C@H](Sc1nnc(-c2ccccc2[N+](=O)[O-])o1)C(=O)[O-]. The van der Waals surface area contributed by atoms with Gasteiger partial charge in [-0.3, -0.25) is 10.1 Å². The summed E-state index contributed by atoms with van der Waals surface area (Å²) >= 11 is 0.809. The number of hydrogen-bond donors (Lipinski definition) is 0. The van der Waals surface area contributed by atoms with Gasteiger partial charge < -0.3 is 14.3 Å². The van der Waals surface area contributed by atoms with Crippen molar-refractivity contribution in [2.24, 2.45) is 0 Å². The second-order valence-corrected chi connectivity index (χ2v) is 5.02. The molecule has 0 aliphatic rings. The van der Waals surface area contributed by atoms with Crippen molar-refractivity contribution in [1.29, 1.82) is 0 Å². The van der Waals surface area contributed by atoms with E-state index in [9.17, 15) is 20.0 Å². The molecule has 0 amide bonds. The molecule has 0 unspecified atom stereocenters. The number of nitrogens with zero attached hydrogens (tertiary/aromatic N) is 3. The second-order valence-electron chi connectivity index (χ2n) is 3.73. The summed E-state index contributed by atoms with van der Waals surface area (Å²) in [4.78, 5) is 20.9. The van der Waals surface area contributed by atoms with Gasteiger partial charge in [-0.1, -0.05) is 23.9 Å². The van der Waals surface area contributed by atoms with E-state index in [0.29, 0.717) is 0 Å². The Morgan fingerprint density at radius 3 is 2.75 bits per heavy atom. The molecule has 2 aromatic rings. The van der Waals surface area contributed by atoms with E-state index in [-0.39, 0.29) is 22.4 Å². The first-order valence-electron chi connectivity index (χ1n) is 5.44. The van der Waals surface area contributed by atoms with E-state index in [2.05, 4.69) is 10.2 Å². The summed E-state index contributed by atoms with van der Waals surface area (Å²) in [6, 6.07) is 5.91. The molecule has 1 atom stereocenters. The van der Waals surface area contributed by atoms with Crippen LogP contribution in [0.2, 0.25) is 0 Å². The number of nitro benzene ring substituents is 1. The lowest BCUT2D eigenvalue weighted by molar-refractivity contribution is -0.384. The van der Waals surface area contributed by atoms with Gasteiger partial charge in [0.2, 0.25) is 0 Å². The Bertz CT molecular complexity index is 657. The van der Waals surface area contributed by atoms with E-state index in [4.69, 9.17) is 4.42 Å². The molecule has 0 bridgehead atoms.